The van der Waals surface area contributed by atoms with Crippen LogP contribution in [0.1, 0.15) is 19.0 Å². The molecule has 0 amide bonds. The Morgan fingerprint density at radius 3 is 2.90 bits per heavy atom. The van der Waals surface area contributed by atoms with Crippen molar-refractivity contribution >= 4 is 5.69 Å². The van der Waals surface area contributed by atoms with E-state index >= 15 is 0 Å². The lowest BCUT2D eigenvalue weighted by Gasteiger charge is -2.08. The third-order valence-electron chi connectivity index (χ3n) is 2.84. The van der Waals surface area contributed by atoms with Gasteiger partial charge >= 0.3 is 0 Å². The number of aliphatic hydroxyl groups excluding tert-OH is 1. The third kappa shape index (κ3) is 3.67. The van der Waals surface area contributed by atoms with E-state index in [0.717, 1.165) is 17.8 Å². The van der Waals surface area contributed by atoms with Crippen molar-refractivity contribution in [1.29, 1.82) is 0 Å². The molecule has 2 aromatic rings. The van der Waals surface area contributed by atoms with E-state index in [-0.39, 0.29) is 12.2 Å². The monoisotopic (exact) mass is 277 g/mol. The van der Waals surface area contributed by atoms with Crippen LogP contribution in [0.3, 0.4) is 0 Å². The zero-order chi connectivity index (χ0) is 14.4. The number of anilines is 1. The van der Waals surface area contributed by atoms with Crippen LogP contribution < -0.4 is 10.9 Å². The molecule has 2 N–H and O–H groups in total. The number of nitrogens with zero attached hydrogens (tertiary/aromatic N) is 4. The van der Waals surface area contributed by atoms with Crippen molar-refractivity contribution in [2.75, 3.05) is 11.9 Å². The van der Waals surface area contributed by atoms with Gasteiger partial charge < -0.3 is 15.0 Å². The van der Waals surface area contributed by atoms with Crippen molar-refractivity contribution in [2.24, 2.45) is 0 Å². The Kier molecular flexibility index (Phi) is 4.89. The largest absolute Gasteiger partial charge is 0.394 e. The molecule has 2 aromatic heterocycles. The van der Waals surface area contributed by atoms with Crippen molar-refractivity contribution in [1.82, 2.24) is 19.6 Å². The minimum Gasteiger partial charge on any atom is -0.394 e. The van der Waals surface area contributed by atoms with E-state index in [1.807, 2.05) is 13.1 Å². The maximum absolute atomic E-state index is 11.6. The molecule has 0 aliphatic carbocycles. The second-order valence-corrected chi connectivity index (χ2v) is 4.50. The molecule has 7 nitrogen and oxygen atoms in total. The highest BCUT2D eigenvalue weighted by Gasteiger charge is 2.02. The first-order valence-corrected chi connectivity index (χ1v) is 6.67. The van der Waals surface area contributed by atoms with Crippen LogP contribution in [0.25, 0.3) is 0 Å². The van der Waals surface area contributed by atoms with Crippen LogP contribution >= 0.6 is 0 Å². The first-order valence-electron chi connectivity index (χ1n) is 6.67. The molecule has 0 atom stereocenters. The zero-order valence-corrected chi connectivity index (χ0v) is 11.5. The fourth-order valence-corrected chi connectivity index (χ4v) is 1.88. The van der Waals surface area contributed by atoms with Crippen LogP contribution in [-0.4, -0.2) is 31.3 Å². The van der Waals surface area contributed by atoms with Crippen LogP contribution in [0.15, 0.2) is 29.3 Å². The van der Waals surface area contributed by atoms with E-state index in [2.05, 4.69) is 15.6 Å². The van der Waals surface area contributed by atoms with Gasteiger partial charge in [-0.05, 0) is 12.5 Å². The summed E-state index contributed by atoms with van der Waals surface area (Å²) in [6.07, 6.45) is 4.51. The van der Waals surface area contributed by atoms with E-state index < -0.39 is 0 Å². The molecule has 0 saturated carbocycles. The molecule has 7 heteroatoms. The first-order chi connectivity index (χ1) is 9.72. The summed E-state index contributed by atoms with van der Waals surface area (Å²) < 4.78 is 3.28. The molecule has 0 radical (unpaired) electrons. The predicted molar refractivity (Wildman–Crippen MR) is 75.4 cm³/mol. The lowest BCUT2D eigenvalue weighted by molar-refractivity contribution is 0.268. The number of hydrogen-bond acceptors (Lipinski definition) is 5. The van der Waals surface area contributed by atoms with Gasteiger partial charge in [-0.2, -0.15) is 0 Å². The summed E-state index contributed by atoms with van der Waals surface area (Å²) in [5.74, 6) is 0. The van der Waals surface area contributed by atoms with Gasteiger partial charge in [-0.3, -0.25) is 4.79 Å². The molecule has 20 heavy (non-hydrogen) atoms. The van der Waals surface area contributed by atoms with E-state index in [1.165, 1.54) is 0 Å². The van der Waals surface area contributed by atoms with Gasteiger partial charge in [0.2, 0.25) is 0 Å². The Morgan fingerprint density at radius 1 is 1.30 bits per heavy atom. The summed E-state index contributed by atoms with van der Waals surface area (Å²) in [5, 5.41) is 19.9. The second-order valence-electron chi connectivity index (χ2n) is 4.50. The van der Waals surface area contributed by atoms with Gasteiger partial charge in [-0.15, -0.1) is 5.10 Å². The molecule has 0 spiro atoms. The van der Waals surface area contributed by atoms with Crippen LogP contribution in [0.2, 0.25) is 0 Å². The molecule has 2 heterocycles. The summed E-state index contributed by atoms with van der Waals surface area (Å²) >= 11 is 0. The molecule has 108 valence electrons. The SMILES string of the molecule is CCCn1cc(NCc2cn(CCO)nn2)ccc1=O. The Morgan fingerprint density at radius 2 is 2.15 bits per heavy atom. The Bertz CT molecular complexity index is 605. The molecule has 0 bridgehead atoms. The number of aryl methyl sites for hydroxylation is 1. The molecule has 2 rings (SSSR count). The minimum atomic E-state index is 0.00582. The highest BCUT2D eigenvalue weighted by molar-refractivity contribution is 5.40. The van der Waals surface area contributed by atoms with E-state index in [9.17, 15) is 4.79 Å². The Hall–Kier alpha value is -2.15. The van der Waals surface area contributed by atoms with Gasteiger partial charge in [0.25, 0.3) is 5.56 Å². The number of aromatic nitrogens is 4. The molecular formula is C13H19N5O2. The maximum atomic E-state index is 11.6. The summed E-state index contributed by atoms with van der Waals surface area (Å²) in [6.45, 7) is 3.75. The quantitative estimate of drug-likeness (QED) is 0.767. The number of nitrogens with one attached hydrogen (secondary N) is 1. The average molecular weight is 277 g/mol. The van der Waals surface area contributed by atoms with Crippen LogP contribution in [0, 0.1) is 0 Å². The van der Waals surface area contributed by atoms with E-state index in [1.54, 1.807) is 27.6 Å². The van der Waals surface area contributed by atoms with Crippen molar-refractivity contribution in [3.8, 4) is 0 Å². The van der Waals surface area contributed by atoms with E-state index in [4.69, 9.17) is 5.11 Å². The fourth-order valence-electron chi connectivity index (χ4n) is 1.88. The number of pyridine rings is 1. The first kappa shape index (κ1) is 14.3. The number of aliphatic hydroxyl groups is 1. The smallest absolute Gasteiger partial charge is 0.250 e. The molecular weight excluding hydrogens is 258 g/mol. The van der Waals surface area contributed by atoms with Crippen molar-refractivity contribution in [3.05, 3.63) is 40.6 Å². The zero-order valence-electron chi connectivity index (χ0n) is 11.5. The molecule has 0 fully saturated rings. The van der Waals surface area contributed by atoms with Gasteiger partial charge in [0.05, 0.1) is 31.6 Å². The third-order valence-corrected chi connectivity index (χ3v) is 2.84. The van der Waals surface area contributed by atoms with Crippen LogP contribution in [-0.2, 0) is 19.6 Å². The minimum absolute atomic E-state index is 0.00582. The molecule has 0 aliphatic heterocycles. The summed E-state index contributed by atoms with van der Waals surface area (Å²) in [5.41, 5.74) is 1.66. The second kappa shape index (κ2) is 6.85. The molecule has 0 saturated heterocycles. The molecule has 0 unspecified atom stereocenters. The van der Waals surface area contributed by atoms with Crippen molar-refractivity contribution in [2.45, 2.75) is 33.0 Å². The predicted octanol–water partition coefficient (Wildman–Crippen LogP) is 0.454. The normalized spacial score (nSPS) is 10.7. The van der Waals surface area contributed by atoms with Gasteiger partial charge in [-0.25, -0.2) is 4.68 Å². The summed E-state index contributed by atoms with van der Waals surface area (Å²) in [6, 6.07) is 3.31. The van der Waals surface area contributed by atoms with Gasteiger partial charge in [0.15, 0.2) is 0 Å². The molecule has 0 aromatic carbocycles. The topological polar surface area (TPSA) is 85.0 Å². The Balaban J connectivity index is 1.99. The number of rotatable bonds is 7. The van der Waals surface area contributed by atoms with Crippen molar-refractivity contribution in [3.63, 3.8) is 0 Å². The standard InChI is InChI=1S/C13H19N5O2/c1-2-5-17-9-11(3-4-13(17)20)14-8-12-10-18(6-7-19)16-15-12/h3-4,9-10,14,19H,2,5-8H2,1H3. The van der Waals surface area contributed by atoms with Crippen molar-refractivity contribution < 1.29 is 5.11 Å². The summed E-state index contributed by atoms with van der Waals surface area (Å²) in [4.78, 5) is 11.6. The van der Waals surface area contributed by atoms with E-state index in [0.29, 0.717) is 19.6 Å². The fraction of sp³-hybridized carbons (Fsp3) is 0.462. The highest BCUT2D eigenvalue weighted by atomic mass is 16.3. The Labute approximate surface area is 116 Å². The maximum Gasteiger partial charge on any atom is 0.250 e. The van der Waals surface area contributed by atoms with Gasteiger partial charge in [-0.1, -0.05) is 12.1 Å². The summed E-state index contributed by atoms with van der Waals surface area (Å²) in [7, 11) is 0. The highest BCUT2D eigenvalue weighted by Crippen LogP contribution is 2.06. The van der Waals surface area contributed by atoms with Gasteiger partial charge in [0.1, 0.15) is 5.69 Å². The van der Waals surface area contributed by atoms with Crippen LogP contribution in [0.4, 0.5) is 5.69 Å². The lowest BCUT2D eigenvalue weighted by Crippen LogP contribution is -2.18. The number of hydrogen-bond donors (Lipinski definition) is 2. The lowest BCUT2D eigenvalue weighted by atomic mass is 10.3. The average Bonchev–Trinajstić information content (AvgIpc) is 2.88. The van der Waals surface area contributed by atoms with Crippen LogP contribution in [0.5, 0.6) is 0 Å². The van der Waals surface area contributed by atoms with Gasteiger partial charge in [0, 0.05) is 18.8 Å². The molecule has 0 aliphatic rings.